The van der Waals surface area contributed by atoms with Gasteiger partial charge in [-0.3, -0.25) is 9.69 Å². The van der Waals surface area contributed by atoms with Crippen molar-refractivity contribution in [3.8, 4) is 0 Å². The van der Waals surface area contributed by atoms with Gasteiger partial charge in [-0.25, -0.2) is 0 Å². The second kappa shape index (κ2) is 6.73. The summed E-state index contributed by atoms with van der Waals surface area (Å²) in [6.45, 7) is 1.36. The van der Waals surface area contributed by atoms with Crippen LogP contribution in [0.5, 0.6) is 0 Å². The van der Waals surface area contributed by atoms with Crippen LogP contribution in [0.1, 0.15) is 67.3 Å². The summed E-state index contributed by atoms with van der Waals surface area (Å²) in [5.74, 6) is 0.353. The molecule has 0 spiro atoms. The molecule has 1 saturated heterocycles. The first-order valence-corrected chi connectivity index (χ1v) is 9.90. The van der Waals surface area contributed by atoms with Gasteiger partial charge in [0.15, 0.2) is 0 Å². The van der Waals surface area contributed by atoms with Crippen molar-refractivity contribution >= 4 is 5.91 Å². The van der Waals surface area contributed by atoms with Crippen molar-refractivity contribution in [1.82, 2.24) is 4.90 Å². The number of hydrogen-bond donors (Lipinski definition) is 2. The standard InChI is InChI=1S/C21H30N2O2/c22-20(25)16-6-2-7-17(12-16)21-9-3-8-18(13-21)23(11-10-21)19(14-24)15-4-1-5-15/h2,6-7,12,15,18-19,24H,1,3-5,8-11,13-14H2,(H2,22,25). The fraction of sp³-hybridized carbons (Fsp3) is 0.667. The lowest BCUT2D eigenvalue weighted by molar-refractivity contribution is -0.0341. The molecule has 2 saturated carbocycles. The average molecular weight is 342 g/mol. The molecule has 0 radical (unpaired) electrons. The summed E-state index contributed by atoms with van der Waals surface area (Å²) in [4.78, 5) is 14.2. The molecule has 1 aromatic rings. The average Bonchev–Trinajstić information content (AvgIpc) is 2.59. The maximum atomic E-state index is 11.6. The van der Waals surface area contributed by atoms with Crippen molar-refractivity contribution in [3.63, 3.8) is 0 Å². The van der Waals surface area contributed by atoms with Crippen LogP contribution in [0.3, 0.4) is 0 Å². The number of fused-ring (bicyclic) bond motifs is 2. The van der Waals surface area contributed by atoms with Gasteiger partial charge in [-0.05, 0) is 74.1 Å². The maximum absolute atomic E-state index is 11.6. The van der Waals surface area contributed by atoms with E-state index in [-0.39, 0.29) is 11.3 Å². The van der Waals surface area contributed by atoms with Gasteiger partial charge in [0.1, 0.15) is 0 Å². The van der Waals surface area contributed by atoms with E-state index in [0.717, 1.165) is 19.4 Å². The number of carbonyl (C=O) groups excluding carboxylic acids is 1. The number of amides is 1. The van der Waals surface area contributed by atoms with Crippen LogP contribution in [0.4, 0.5) is 0 Å². The highest BCUT2D eigenvalue weighted by Crippen LogP contribution is 2.48. The Kier molecular flexibility index (Phi) is 4.59. The van der Waals surface area contributed by atoms with Crippen molar-refractivity contribution in [2.45, 2.75) is 68.9 Å². The van der Waals surface area contributed by atoms with Crippen molar-refractivity contribution in [2.75, 3.05) is 13.2 Å². The molecule has 4 nitrogen and oxygen atoms in total. The fourth-order valence-electron chi connectivity index (χ4n) is 5.56. The van der Waals surface area contributed by atoms with Crippen LogP contribution < -0.4 is 5.73 Å². The lowest BCUT2D eigenvalue weighted by atomic mass is 9.62. The van der Waals surface area contributed by atoms with Gasteiger partial charge in [-0.2, -0.15) is 0 Å². The Balaban J connectivity index is 1.57. The predicted octanol–water partition coefficient (Wildman–Crippen LogP) is 2.83. The molecule has 4 rings (SSSR count). The number of likely N-dealkylation sites (tertiary alicyclic amines) is 1. The van der Waals surface area contributed by atoms with Gasteiger partial charge in [0, 0.05) is 17.6 Å². The van der Waals surface area contributed by atoms with E-state index in [0.29, 0.717) is 30.2 Å². The molecule has 1 heterocycles. The van der Waals surface area contributed by atoms with Crippen LogP contribution >= 0.6 is 0 Å². The molecule has 1 amide bonds. The molecule has 136 valence electrons. The minimum atomic E-state index is -0.339. The van der Waals surface area contributed by atoms with Crippen LogP contribution in [-0.2, 0) is 5.41 Å². The van der Waals surface area contributed by atoms with Crippen molar-refractivity contribution in [2.24, 2.45) is 11.7 Å². The lowest BCUT2D eigenvalue weighted by Gasteiger charge is -2.54. The van der Waals surface area contributed by atoms with E-state index in [9.17, 15) is 9.90 Å². The molecule has 3 fully saturated rings. The summed E-state index contributed by atoms with van der Waals surface area (Å²) in [6, 6.07) is 8.92. The summed E-state index contributed by atoms with van der Waals surface area (Å²) in [5, 5.41) is 10.00. The Labute approximate surface area is 150 Å². The molecule has 25 heavy (non-hydrogen) atoms. The van der Waals surface area contributed by atoms with Crippen LogP contribution in [0, 0.1) is 5.92 Å². The number of carbonyl (C=O) groups is 1. The molecule has 2 bridgehead atoms. The molecule has 1 aliphatic heterocycles. The molecular formula is C21H30N2O2. The zero-order valence-corrected chi connectivity index (χ0v) is 15.0. The van der Waals surface area contributed by atoms with Crippen molar-refractivity contribution in [3.05, 3.63) is 35.4 Å². The Hall–Kier alpha value is -1.39. The zero-order valence-electron chi connectivity index (χ0n) is 15.0. The number of hydrogen-bond acceptors (Lipinski definition) is 3. The first-order valence-electron chi connectivity index (χ1n) is 9.90. The van der Waals surface area contributed by atoms with Gasteiger partial charge in [0.2, 0.25) is 5.91 Å². The molecule has 4 heteroatoms. The highest BCUT2D eigenvalue weighted by atomic mass is 16.3. The van der Waals surface area contributed by atoms with Crippen molar-refractivity contribution < 1.29 is 9.90 Å². The number of nitrogens with zero attached hydrogens (tertiary/aromatic N) is 1. The van der Waals surface area contributed by atoms with E-state index in [2.05, 4.69) is 11.0 Å². The Morgan fingerprint density at radius 3 is 2.80 bits per heavy atom. The largest absolute Gasteiger partial charge is 0.395 e. The Bertz CT molecular complexity index is 643. The van der Waals surface area contributed by atoms with Crippen LogP contribution in [0.25, 0.3) is 0 Å². The third-order valence-corrected chi connectivity index (χ3v) is 7.20. The highest BCUT2D eigenvalue weighted by Gasteiger charge is 2.46. The van der Waals surface area contributed by atoms with E-state index < -0.39 is 0 Å². The molecule has 1 aromatic carbocycles. The van der Waals surface area contributed by atoms with E-state index >= 15 is 0 Å². The summed E-state index contributed by atoms with van der Waals surface area (Å²) < 4.78 is 0. The lowest BCUT2D eigenvalue weighted by Crippen LogP contribution is -2.58. The summed E-state index contributed by atoms with van der Waals surface area (Å²) in [5.41, 5.74) is 7.60. The number of primary amides is 1. The molecular weight excluding hydrogens is 312 g/mol. The third-order valence-electron chi connectivity index (χ3n) is 7.20. The first kappa shape index (κ1) is 17.0. The molecule has 3 N–H and O–H groups in total. The molecule has 3 unspecified atom stereocenters. The predicted molar refractivity (Wildman–Crippen MR) is 98.4 cm³/mol. The Morgan fingerprint density at radius 1 is 1.28 bits per heavy atom. The van der Waals surface area contributed by atoms with Gasteiger partial charge in [-0.1, -0.05) is 25.0 Å². The monoisotopic (exact) mass is 342 g/mol. The topological polar surface area (TPSA) is 66.6 Å². The number of aliphatic hydroxyl groups is 1. The maximum Gasteiger partial charge on any atom is 0.248 e. The van der Waals surface area contributed by atoms with Gasteiger partial charge < -0.3 is 10.8 Å². The molecule has 3 aliphatic rings. The Morgan fingerprint density at radius 2 is 2.12 bits per heavy atom. The fourth-order valence-corrected chi connectivity index (χ4v) is 5.56. The number of aliphatic hydroxyl groups excluding tert-OH is 1. The third kappa shape index (κ3) is 3.00. The van der Waals surface area contributed by atoms with E-state index in [1.807, 2.05) is 18.2 Å². The summed E-state index contributed by atoms with van der Waals surface area (Å²) in [6.07, 6.45) is 9.81. The second-order valence-corrected chi connectivity index (χ2v) is 8.40. The number of benzene rings is 1. The van der Waals surface area contributed by atoms with E-state index in [4.69, 9.17) is 5.73 Å². The summed E-state index contributed by atoms with van der Waals surface area (Å²) >= 11 is 0. The number of rotatable bonds is 5. The smallest absolute Gasteiger partial charge is 0.248 e. The van der Waals surface area contributed by atoms with E-state index in [1.165, 1.54) is 44.1 Å². The highest BCUT2D eigenvalue weighted by molar-refractivity contribution is 5.92. The SMILES string of the molecule is NC(=O)c1cccc(C23CCCC(C2)N(C(CO)C2CCC2)CC3)c1. The van der Waals surface area contributed by atoms with Gasteiger partial charge in [-0.15, -0.1) is 0 Å². The molecule has 0 aromatic heterocycles. The van der Waals surface area contributed by atoms with Crippen LogP contribution in [-0.4, -0.2) is 41.1 Å². The number of nitrogens with two attached hydrogens (primary N) is 1. The van der Waals surface area contributed by atoms with Gasteiger partial charge in [0.05, 0.1) is 6.61 Å². The quantitative estimate of drug-likeness (QED) is 0.865. The number of piperidine rings is 1. The van der Waals surface area contributed by atoms with Crippen LogP contribution in [0.15, 0.2) is 24.3 Å². The first-order chi connectivity index (χ1) is 12.1. The minimum Gasteiger partial charge on any atom is -0.395 e. The van der Waals surface area contributed by atoms with Gasteiger partial charge in [0.25, 0.3) is 0 Å². The zero-order chi connectivity index (χ0) is 17.4. The minimum absolute atomic E-state index is 0.185. The normalized spacial score (nSPS) is 31.3. The summed E-state index contributed by atoms with van der Waals surface area (Å²) in [7, 11) is 0. The van der Waals surface area contributed by atoms with Crippen molar-refractivity contribution in [1.29, 1.82) is 0 Å². The van der Waals surface area contributed by atoms with Crippen LogP contribution in [0.2, 0.25) is 0 Å². The second-order valence-electron chi connectivity index (χ2n) is 8.40. The molecule has 3 atom stereocenters. The molecule has 2 aliphatic carbocycles. The van der Waals surface area contributed by atoms with Gasteiger partial charge >= 0.3 is 0 Å². The van der Waals surface area contributed by atoms with E-state index in [1.54, 1.807) is 0 Å².